The summed E-state index contributed by atoms with van der Waals surface area (Å²) < 4.78 is 7.27. The lowest BCUT2D eigenvalue weighted by molar-refractivity contribution is -0.0485. The Hall–Kier alpha value is -1.81. The van der Waals surface area contributed by atoms with Gasteiger partial charge in [-0.1, -0.05) is 0 Å². The molecule has 0 bridgehead atoms. The largest absolute Gasteiger partial charge is 0.394 e. The van der Waals surface area contributed by atoms with Crippen molar-refractivity contribution in [2.75, 3.05) is 12.3 Å². The predicted molar refractivity (Wildman–Crippen MR) is 76.6 cm³/mol. The summed E-state index contributed by atoms with van der Waals surface area (Å²) >= 11 is 0. The van der Waals surface area contributed by atoms with Crippen molar-refractivity contribution < 1.29 is 20.1 Å². The number of fused-ring (bicyclic) bond motifs is 1. The number of nitrogen functional groups attached to an aromatic ring is 1. The van der Waals surface area contributed by atoms with Crippen LogP contribution >= 0.6 is 0 Å². The second kappa shape index (κ2) is 5.13. The lowest BCUT2D eigenvalue weighted by atomic mass is 10.1. The minimum absolute atomic E-state index is 0.200. The van der Waals surface area contributed by atoms with Crippen LogP contribution in [0.3, 0.4) is 0 Å². The number of anilines is 1. The van der Waals surface area contributed by atoms with Crippen molar-refractivity contribution in [3.05, 3.63) is 12.2 Å². The highest BCUT2D eigenvalue weighted by molar-refractivity contribution is 5.82. The molecular formula is C13H19N5O4. The van der Waals surface area contributed by atoms with Gasteiger partial charge in [-0.25, -0.2) is 15.0 Å². The summed E-state index contributed by atoms with van der Waals surface area (Å²) in [7, 11) is 0. The van der Waals surface area contributed by atoms with Crippen LogP contribution in [0.2, 0.25) is 0 Å². The molecule has 9 heteroatoms. The van der Waals surface area contributed by atoms with Crippen molar-refractivity contribution in [2.45, 2.75) is 44.3 Å². The molecule has 2 unspecified atom stereocenters. The zero-order valence-electron chi connectivity index (χ0n) is 12.3. The molecule has 3 atom stereocenters. The quantitative estimate of drug-likeness (QED) is 0.582. The molecule has 0 radical (unpaired) electrons. The number of nitrogens with zero attached hydrogens (tertiary/aromatic N) is 4. The first-order valence-electron chi connectivity index (χ1n) is 6.98. The number of aliphatic hydroxyl groups excluding tert-OH is 2. The van der Waals surface area contributed by atoms with Gasteiger partial charge in [0.05, 0.1) is 12.7 Å². The van der Waals surface area contributed by atoms with E-state index in [-0.39, 0.29) is 18.8 Å². The second-order valence-electron chi connectivity index (χ2n) is 5.91. The first-order valence-corrected chi connectivity index (χ1v) is 6.98. The summed E-state index contributed by atoms with van der Waals surface area (Å²) in [6.07, 6.45) is -0.534. The van der Waals surface area contributed by atoms with Gasteiger partial charge in [-0.2, -0.15) is 0 Å². The van der Waals surface area contributed by atoms with E-state index >= 15 is 0 Å². The van der Waals surface area contributed by atoms with Crippen LogP contribution in [0.25, 0.3) is 11.2 Å². The topological polar surface area (TPSA) is 140 Å². The molecule has 3 rings (SSSR count). The molecule has 0 aliphatic carbocycles. The highest BCUT2D eigenvalue weighted by Crippen LogP contribution is 2.35. The smallest absolute Gasteiger partial charge is 0.167 e. The van der Waals surface area contributed by atoms with Crippen molar-refractivity contribution in [3.63, 3.8) is 0 Å². The van der Waals surface area contributed by atoms with Gasteiger partial charge in [0.1, 0.15) is 30.1 Å². The van der Waals surface area contributed by atoms with E-state index in [2.05, 4.69) is 15.0 Å². The molecule has 1 aliphatic rings. The zero-order valence-corrected chi connectivity index (χ0v) is 12.3. The molecule has 2 aromatic heterocycles. The van der Waals surface area contributed by atoms with Gasteiger partial charge in [0, 0.05) is 6.42 Å². The first kappa shape index (κ1) is 15.1. The van der Waals surface area contributed by atoms with Gasteiger partial charge >= 0.3 is 0 Å². The van der Waals surface area contributed by atoms with Crippen LogP contribution < -0.4 is 5.73 Å². The number of nitrogens with two attached hydrogens (primary N) is 1. The van der Waals surface area contributed by atoms with Gasteiger partial charge in [-0.3, -0.25) is 4.57 Å². The van der Waals surface area contributed by atoms with Gasteiger partial charge in [0.25, 0.3) is 0 Å². The van der Waals surface area contributed by atoms with Crippen LogP contribution in [0, 0.1) is 0 Å². The Labute approximate surface area is 126 Å². The average molecular weight is 309 g/mol. The van der Waals surface area contributed by atoms with Crippen molar-refractivity contribution >= 4 is 17.0 Å². The highest BCUT2D eigenvalue weighted by Gasteiger charge is 2.39. The molecule has 1 fully saturated rings. The molecule has 22 heavy (non-hydrogen) atoms. The number of ether oxygens (including phenoxy) is 1. The fourth-order valence-corrected chi connectivity index (χ4v) is 2.67. The Morgan fingerprint density at radius 3 is 2.77 bits per heavy atom. The first-order chi connectivity index (χ1) is 10.3. The summed E-state index contributed by atoms with van der Waals surface area (Å²) in [5.41, 5.74) is 5.34. The highest BCUT2D eigenvalue weighted by atomic mass is 16.5. The number of imidazole rings is 1. The standard InChI is InChI=1S/C13H19N5O4/c1-13(2,21)12-17-9-10(14)15-5-16-11(9)18(12)8-3-6(20)7(4-19)22-8/h5-8,19-21H,3-4H2,1-2H3,(H2,14,15,16)/t6-,7?,8?/m0/s1. The minimum atomic E-state index is -1.27. The lowest BCUT2D eigenvalue weighted by Crippen LogP contribution is -2.26. The SMILES string of the molecule is CC(C)(O)c1nc2c(N)ncnc2n1C1C[C@H](O)C(CO)O1. The molecule has 0 aromatic carbocycles. The van der Waals surface area contributed by atoms with Crippen molar-refractivity contribution in [1.82, 2.24) is 19.5 Å². The van der Waals surface area contributed by atoms with E-state index in [1.807, 2.05) is 0 Å². The number of rotatable bonds is 3. The van der Waals surface area contributed by atoms with Crippen LogP contribution in [0.5, 0.6) is 0 Å². The van der Waals surface area contributed by atoms with Gasteiger partial charge in [0.2, 0.25) is 0 Å². The van der Waals surface area contributed by atoms with E-state index in [9.17, 15) is 15.3 Å². The number of aromatic nitrogens is 4. The summed E-state index contributed by atoms with van der Waals surface area (Å²) in [6, 6.07) is 0. The monoisotopic (exact) mass is 309 g/mol. The Balaban J connectivity index is 2.17. The maximum Gasteiger partial charge on any atom is 0.167 e. The van der Waals surface area contributed by atoms with Crippen molar-refractivity contribution in [1.29, 1.82) is 0 Å². The molecule has 9 nitrogen and oxygen atoms in total. The minimum Gasteiger partial charge on any atom is -0.394 e. The summed E-state index contributed by atoms with van der Waals surface area (Å²) in [5.74, 6) is 0.511. The van der Waals surface area contributed by atoms with Crippen molar-refractivity contribution in [2.24, 2.45) is 0 Å². The van der Waals surface area contributed by atoms with Gasteiger partial charge in [-0.05, 0) is 13.8 Å². The fraction of sp³-hybridized carbons (Fsp3) is 0.615. The lowest BCUT2D eigenvalue weighted by Gasteiger charge is -2.22. The van der Waals surface area contributed by atoms with Crippen LogP contribution in [-0.4, -0.2) is 53.7 Å². The molecule has 0 saturated carbocycles. The average Bonchev–Trinajstić information content (AvgIpc) is 2.99. The third kappa shape index (κ3) is 2.31. The molecule has 1 saturated heterocycles. The molecule has 3 heterocycles. The molecule has 120 valence electrons. The molecule has 5 N–H and O–H groups in total. The van der Waals surface area contributed by atoms with E-state index in [4.69, 9.17) is 10.5 Å². The van der Waals surface area contributed by atoms with Gasteiger partial charge in [0.15, 0.2) is 17.0 Å². The van der Waals surface area contributed by atoms with Crippen LogP contribution in [0.1, 0.15) is 32.3 Å². The molecule has 0 spiro atoms. The van der Waals surface area contributed by atoms with Gasteiger partial charge < -0.3 is 25.8 Å². The normalized spacial score (nSPS) is 26.0. The maximum atomic E-state index is 10.4. The predicted octanol–water partition coefficient (Wildman–Crippen LogP) is -0.723. The molecule has 0 amide bonds. The van der Waals surface area contributed by atoms with Crippen LogP contribution in [0.4, 0.5) is 5.82 Å². The number of aliphatic hydroxyl groups is 3. The second-order valence-corrected chi connectivity index (χ2v) is 5.91. The molecule has 1 aliphatic heterocycles. The molecule has 2 aromatic rings. The summed E-state index contributed by atoms with van der Waals surface area (Å²) in [6.45, 7) is 2.88. The number of hydrogen-bond donors (Lipinski definition) is 4. The molecular weight excluding hydrogens is 290 g/mol. The Kier molecular flexibility index (Phi) is 3.52. The Bertz CT molecular complexity index is 696. The van der Waals surface area contributed by atoms with E-state index in [1.165, 1.54) is 6.33 Å². The van der Waals surface area contributed by atoms with E-state index < -0.39 is 24.0 Å². The van der Waals surface area contributed by atoms with Crippen LogP contribution in [0.15, 0.2) is 6.33 Å². The summed E-state index contributed by atoms with van der Waals surface area (Å²) in [5, 5.41) is 29.5. The summed E-state index contributed by atoms with van der Waals surface area (Å²) in [4.78, 5) is 12.4. The Morgan fingerprint density at radius 2 is 2.18 bits per heavy atom. The fourth-order valence-electron chi connectivity index (χ4n) is 2.67. The zero-order chi connectivity index (χ0) is 16.1. The van der Waals surface area contributed by atoms with E-state index in [1.54, 1.807) is 18.4 Å². The van der Waals surface area contributed by atoms with Crippen molar-refractivity contribution in [3.8, 4) is 0 Å². The van der Waals surface area contributed by atoms with E-state index in [0.717, 1.165) is 0 Å². The van der Waals surface area contributed by atoms with Gasteiger partial charge in [-0.15, -0.1) is 0 Å². The maximum absolute atomic E-state index is 10.4. The van der Waals surface area contributed by atoms with E-state index in [0.29, 0.717) is 17.0 Å². The third-order valence-electron chi connectivity index (χ3n) is 3.72. The Morgan fingerprint density at radius 1 is 1.45 bits per heavy atom. The van der Waals surface area contributed by atoms with Crippen LogP contribution in [-0.2, 0) is 10.3 Å². The third-order valence-corrected chi connectivity index (χ3v) is 3.72. The number of hydrogen-bond acceptors (Lipinski definition) is 8.